The molecule has 1 aromatic carbocycles. The van der Waals surface area contributed by atoms with E-state index in [9.17, 15) is 4.79 Å². The molecule has 0 amide bonds. The van der Waals surface area contributed by atoms with Crippen molar-refractivity contribution in [1.82, 2.24) is 0 Å². The largest absolute Gasteiger partial charge is 0.294 e. The maximum Gasteiger partial charge on any atom is 0.166 e. The van der Waals surface area contributed by atoms with Crippen LogP contribution in [-0.2, 0) is 0 Å². The Morgan fingerprint density at radius 2 is 1.61 bits per heavy atom. The van der Waals surface area contributed by atoms with Crippen LogP contribution in [0.5, 0.6) is 0 Å². The second-order valence-electron chi connectivity index (χ2n) is 6.36. The fraction of sp³-hybridized carbons (Fsp3) is 0.588. The Kier molecular flexibility index (Phi) is 2.36. The summed E-state index contributed by atoms with van der Waals surface area (Å²) in [7, 11) is 0. The van der Waals surface area contributed by atoms with Gasteiger partial charge in [-0.2, -0.15) is 0 Å². The van der Waals surface area contributed by atoms with Crippen molar-refractivity contribution in [2.75, 3.05) is 0 Å². The van der Waals surface area contributed by atoms with Crippen LogP contribution in [0.4, 0.5) is 0 Å². The third kappa shape index (κ3) is 1.49. The highest BCUT2D eigenvalue weighted by molar-refractivity contribution is 6.01. The molecule has 94 valence electrons. The lowest BCUT2D eigenvalue weighted by Crippen LogP contribution is -2.15. The van der Waals surface area contributed by atoms with Crippen molar-refractivity contribution in [1.29, 1.82) is 0 Å². The van der Waals surface area contributed by atoms with Crippen LogP contribution in [0.15, 0.2) is 24.3 Å². The van der Waals surface area contributed by atoms with E-state index >= 15 is 0 Å². The van der Waals surface area contributed by atoms with E-state index in [0.29, 0.717) is 17.6 Å². The van der Waals surface area contributed by atoms with Crippen molar-refractivity contribution in [2.45, 2.75) is 44.4 Å². The van der Waals surface area contributed by atoms with Crippen molar-refractivity contribution in [3.63, 3.8) is 0 Å². The van der Waals surface area contributed by atoms with Crippen LogP contribution in [0.2, 0.25) is 0 Å². The number of hydrogen-bond donors (Lipinski definition) is 0. The van der Waals surface area contributed by atoms with Crippen LogP contribution in [-0.4, -0.2) is 5.78 Å². The van der Waals surface area contributed by atoms with E-state index in [1.165, 1.54) is 44.1 Å². The molecule has 1 heteroatoms. The predicted octanol–water partition coefficient (Wildman–Crippen LogP) is 4.18. The summed E-state index contributed by atoms with van der Waals surface area (Å²) in [5.74, 6) is 3.01. The molecule has 1 nitrogen and oxygen atoms in total. The number of ketones is 1. The van der Waals surface area contributed by atoms with Crippen molar-refractivity contribution in [3.05, 3.63) is 35.4 Å². The van der Waals surface area contributed by atoms with Crippen LogP contribution < -0.4 is 0 Å². The minimum atomic E-state index is 0.389. The predicted molar refractivity (Wildman–Crippen MR) is 71.7 cm³/mol. The number of benzene rings is 1. The van der Waals surface area contributed by atoms with Gasteiger partial charge in [0.25, 0.3) is 0 Å². The summed E-state index contributed by atoms with van der Waals surface area (Å²) in [4.78, 5) is 12.7. The Bertz CT molecular complexity index is 476. The molecule has 3 aliphatic carbocycles. The highest BCUT2D eigenvalue weighted by atomic mass is 16.1. The first-order valence-electron chi connectivity index (χ1n) is 7.49. The summed E-state index contributed by atoms with van der Waals surface area (Å²) in [6, 6.07) is 8.39. The smallest absolute Gasteiger partial charge is 0.166 e. The van der Waals surface area contributed by atoms with Gasteiger partial charge in [-0.05, 0) is 49.0 Å². The lowest BCUT2D eigenvalue weighted by atomic mass is 9.77. The molecule has 2 atom stereocenters. The van der Waals surface area contributed by atoms with E-state index in [1.807, 2.05) is 6.07 Å². The molecule has 3 fully saturated rings. The monoisotopic (exact) mass is 240 g/mol. The van der Waals surface area contributed by atoms with Gasteiger partial charge in [-0.25, -0.2) is 0 Å². The van der Waals surface area contributed by atoms with Crippen LogP contribution in [0.1, 0.15) is 60.4 Å². The van der Waals surface area contributed by atoms with E-state index in [0.717, 1.165) is 17.4 Å². The fourth-order valence-corrected chi connectivity index (χ4v) is 4.19. The van der Waals surface area contributed by atoms with Gasteiger partial charge in [0.15, 0.2) is 5.78 Å². The Labute approximate surface area is 109 Å². The quantitative estimate of drug-likeness (QED) is 0.724. The molecule has 0 N–H and O–H groups in total. The molecule has 0 spiro atoms. The van der Waals surface area contributed by atoms with Crippen LogP contribution in [0.3, 0.4) is 0 Å². The summed E-state index contributed by atoms with van der Waals surface area (Å²) in [5, 5.41) is 0. The highest BCUT2D eigenvalue weighted by Gasteiger charge is 2.56. The SMILES string of the molecule is O=C(c1ccccc1C1CCC1)C1C2CCCC21. The first kappa shape index (κ1) is 10.8. The summed E-state index contributed by atoms with van der Waals surface area (Å²) >= 11 is 0. The van der Waals surface area contributed by atoms with E-state index in [4.69, 9.17) is 0 Å². The fourth-order valence-electron chi connectivity index (χ4n) is 4.19. The van der Waals surface area contributed by atoms with Crippen LogP contribution in [0, 0.1) is 17.8 Å². The van der Waals surface area contributed by atoms with Gasteiger partial charge >= 0.3 is 0 Å². The lowest BCUT2D eigenvalue weighted by molar-refractivity contribution is 0.0949. The first-order valence-corrected chi connectivity index (χ1v) is 7.49. The second-order valence-corrected chi connectivity index (χ2v) is 6.36. The highest BCUT2D eigenvalue weighted by Crippen LogP contribution is 2.59. The van der Waals surface area contributed by atoms with E-state index in [-0.39, 0.29) is 0 Å². The van der Waals surface area contributed by atoms with Gasteiger partial charge in [0.1, 0.15) is 0 Å². The number of Topliss-reactive ketones (excluding diaryl/α,β-unsaturated/α-hetero) is 1. The third-order valence-electron chi connectivity index (χ3n) is 5.48. The first-order chi connectivity index (χ1) is 8.86. The van der Waals surface area contributed by atoms with E-state index < -0.39 is 0 Å². The summed E-state index contributed by atoms with van der Waals surface area (Å²) in [5.41, 5.74) is 2.40. The molecule has 2 unspecified atom stereocenters. The van der Waals surface area contributed by atoms with Crippen LogP contribution in [0.25, 0.3) is 0 Å². The van der Waals surface area contributed by atoms with Crippen LogP contribution >= 0.6 is 0 Å². The van der Waals surface area contributed by atoms with Crippen molar-refractivity contribution in [3.8, 4) is 0 Å². The number of hydrogen-bond acceptors (Lipinski definition) is 1. The Balaban J connectivity index is 1.62. The zero-order valence-corrected chi connectivity index (χ0v) is 10.8. The Morgan fingerprint density at radius 3 is 2.28 bits per heavy atom. The second kappa shape index (κ2) is 3.94. The van der Waals surface area contributed by atoms with E-state index in [1.54, 1.807) is 0 Å². The summed E-state index contributed by atoms with van der Waals surface area (Å²) in [6.07, 6.45) is 7.84. The Hall–Kier alpha value is -1.11. The molecule has 0 radical (unpaired) electrons. The molecule has 1 aromatic rings. The van der Waals surface area contributed by atoms with Gasteiger partial charge in [-0.3, -0.25) is 4.79 Å². The number of carbonyl (C=O) groups excluding carboxylic acids is 1. The van der Waals surface area contributed by atoms with Gasteiger partial charge in [0, 0.05) is 11.5 Å². The number of fused-ring (bicyclic) bond motifs is 1. The molecule has 0 bridgehead atoms. The standard InChI is InChI=1S/C17H20O/c18-17(16-13-9-4-10-14(13)16)15-8-2-1-7-12(15)11-5-3-6-11/h1-2,7-8,11,13-14,16H,3-6,9-10H2. The minimum Gasteiger partial charge on any atom is -0.294 e. The molecule has 0 aromatic heterocycles. The Morgan fingerprint density at radius 1 is 0.944 bits per heavy atom. The van der Waals surface area contributed by atoms with Gasteiger partial charge in [0.05, 0.1) is 0 Å². The molecule has 0 heterocycles. The normalized spacial score (nSPS) is 33.9. The molecule has 18 heavy (non-hydrogen) atoms. The summed E-state index contributed by atoms with van der Waals surface area (Å²) in [6.45, 7) is 0. The van der Waals surface area contributed by atoms with Gasteiger partial charge in [-0.15, -0.1) is 0 Å². The molecule has 3 aliphatic rings. The minimum absolute atomic E-state index is 0.389. The zero-order chi connectivity index (χ0) is 12.1. The van der Waals surface area contributed by atoms with Crippen molar-refractivity contribution < 1.29 is 4.79 Å². The topological polar surface area (TPSA) is 17.1 Å². The molecular weight excluding hydrogens is 220 g/mol. The van der Waals surface area contributed by atoms with Crippen molar-refractivity contribution >= 4 is 5.78 Å². The van der Waals surface area contributed by atoms with E-state index in [2.05, 4.69) is 18.2 Å². The maximum atomic E-state index is 12.7. The number of rotatable bonds is 3. The molecular formula is C17H20O. The average Bonchev–Trinajstić information content (AvgIpc) is 2.80. The average molecular weight is 240 g/mol. The zero-order valence-electron chi connectivity index (χ0n) is 10.8. The molecule has 3 saturated carbocycles. The maximum absolute atomic E-state index is 12.7. The van der Waals surface area contributed by atoms with Gasteiger partial charge in [-0.1, -0.05) is 37.1 Å². The van der Waals surface area contributed by atoms with Gasteiger partial charge in [0.2, 0.25) is 0 Å². The van der Waals surface area contributed by atoms with Crippen molar-refractivity contribution in [2.24, 2.45) is 17.8 Å². The molecule has 0 aliphatic heterocycles. The molecule has 4 rings (SSSR count). The third-order valence-corrected chi connectivity index (χ3v) is 5.48. The summed E-state index contributed by atoms with van der Waals surface area (Å²) < 4.78 is 0. The molecule has 0 saturated heterocycles. The lowest BCUT2D eigenvalue weighted by Gasteiger charge is -2.27. The van der Waals surface area contributed by atoms with Gasteiger partial charge < -0.3 is 0 Å². The number of carbonyl (C=O) groups is 1.